The first kappa shape index (κ1) is 11.9. The topological polar surface area (TPSA) is 41.1 Å². The number of rotatable bonds is 2. The van der Waals surface area contributed by atoms with Gasteiger partial charge in [-0.05, 0) is 31.0 Å². The van der Waals surface area contributed by atoms with Crippen molar-refractivity contribution in [2.24, 2.45) is 5.92 Å². The van der Waals surface area contributed by atoms with Crippen molar-refractivity contribution in [2.45, 2.75) is 26.7 Å². The summed E-state index contributed by atoms with van der Waals surface area (Å²) in [6.07, 6.45) is 1.80. The van der Waals surface area contributed by atoms with Crippen LogP contribution in [0.25, 0.3) is 0 Å². The molecular formula is C13H17FN2O. The average molecular weight is 236 g/mol. The highest BCUT2D eigenvalue weighted by Gasteiger charge is 2.23. The van der Waals surface area contributed by atoms with Gasteiger partial charge in [-0.25, -0.2) is 4.39 Å². The second-order valence-corrected chi connectivity index (χ2v) is 4.50. The Hall–Kier alpha value is -1.58. The molecule has 0 saturated carbocycles. The lowest BCUT2D eigenvalue weighted by atomic mass is 10.0. The maximum atomic E-state index is 13.4. The van der Waals surface area contributed by atoms with Crippen LogP contribution in [0.5, 0.6) is 0 Å². The van der Waals surface area contributed by atoms with Gasteiger partial charge in [-0.3, -0.25) is 4.79 Å². The highest BCUT2D eigenvalue weighted by Crippen LogP contribution is 2.29. The number of hydrogen-bond acceptors (Lipinski definition) is 2. The van der Waals surface area contributed by atoms with E-state index in [9.17, 15) is 9.18 Å². The lowest BCUT2D eigenvalue weighted by Crippen LogP contribution is -2.25. The summed E-state index contributed by atoms with van der Waals surface area (Å²) in [5.74, 6) is -0.364. The van der Waals surface area contributed by atoms with Crippen LogP contribution in [0.4, 0.5) is 15.8 Å². The Bertz CT molecular complexity index is 445. The van der Waals surface area contributed by atoms with E-state index >= 15 is 0 Å². The van der Waals surface area contributed by atoms with Crippen molar-refractivity contribution < 1.29 is 9.18 Å². The van der Waals surface area contributed by atoms with E-state index in [1.54, 1.807) is 13.0 Å². The summed E-state index contributed by atoms with van der Waals surface area (Å²) in [7, 11) is 0. The van der Waals surface area contributed by atoms with Crippen LogP contribution in [-0.2, 0) is 4.79 Å². The molecule has 1 amide bonds. The van der Waals surface area contributed by atoms with Crippen LogP contribution in [-0.4, -0.2) is 12.5 Å². The van der Waals surface area contributed by atoms with Crippen molar-refractivity contribution >= 4 is 17.3 Å². The number of carbonyl (C=O) groups excluding carboxylic acids is 1. The number of fused-ring (bicyclic) bond motifs is 1. The van der Waals surface area contributed by atoms with Gasteiger partial charge in [0, 0.05) is 6.54 Å². The highest BCUT2D eigenvalue weighted by molar-refractivity contribution is 5.97. The Morgan fingerprint density at radius 3 is 2.88 bits per heavy atom. The number of nitrogens with one attached hydrogen (secondary N) is 2. The SMILES string of the molecule is CCCC1CNc2cc(C)c(F)cc2NC1=O. The number of hydrogen-bond donors (Lipinski definition) is 2. The normalized spacial score (nSPS) is 19.0. The molecule has 0 aromatic heterocycles. The van der Waals surface area contributed by atoms with Gasteiger partial charge in [0.25, 0.3) is 0 Å². The van der Waals surface area contributed by atoms with E-state index in [0.717, 1.165) is 18.5 Å². The van der Waals surface area contributed by atoms with Gasteiger partial charge in [0.1, 0.15) is 5.82 Å². The van der Waals surface area contributed by atoms with Crippen molar-refractivity contribution in [3.05, 3.63) is 23.5 Å². The highest BCUT2D eigenvalue weighted by atomic mass is 19.1. The van der Waals surface area contributed by atoms with Crippen LogP contribution >= 0.6 is 0 Å². The summed E-state index contributed by atoms with van der Waals surface area (Å²) in [6.45, 7) is 4.38. The van der Waals surface area contributed by atoms with E-state index in [-0.39, 0.29) is 17.6 Å². The number of benzene rings is 1. The van der Waals surface area contributed by atoms with Gasteiger partial charge in [-0.2, -0.15) is 0 Å². The van der Waals surface area contributed by atoms with Gasteiger partial charge in [0.05, 0.1) is 17.3 Å². The van der Waals surface area contributed by atoms with Crippen LogP contribution in [0.2, 0.25) is 0 Å². The molecule has 1 aliphatic rings. The zero-order chi connectivity index (χ0) is 12.4. The zero-order valence-corrected chi connectivity index (χ0v) is 10.1. The summed E-state index contributed by atoms with van der Waals surface area (Å²) in [5, 5.41) is 5.99. The third kappa shape index (κ3) is 2.40. The minimum absolute atomic E-state index is 0.0265. The smallest absolute Gasteiger partial charge is 0.229 e. The summed E-state index contributed by atoms with van der Waals surface area (Å²) >= 11 is 0. The average Bonchev–Trinajstić information content (AvgIpc) is 2.42. The van der Waals surface area contributed by atoms with Crippen LogP contribution < -0.4 is 10.6 Å². The fourth-order valence-electron chi connectivity index (χ4n) is 2.07. The largest absolute Gasteiger partial charge is 0.383 e. The molecule has 17 heavy (non-hydrogen) atoms. The molecule has 1 unspecified atom stereocenters. The first-order chi connectivity index (χ1) is 8.11. The monoisotopic (exact) mass is 236 g/mol. The van der Waals surface area contributed by atoms with Gasteiger partial charge in [-0.1, -0.05) is 13.3 Å². The van der Waals surface area contributed by atoms with Crippen molar-refractivity contribution in [1.82, 2.24) is 0 Å². The van der Waals surface area contributed by atoms with Gasteiger partial charge in [0.2, 0.25) is 5.91 Å². The molecule has 0 aliphatic carbocycles. The minimum atomic E-state index is -0.292. The van der Waals surface area contributed by atoms with Crippen LogP contribution in [0.1, 0.15) is 25.3 Å². The molecular weight excluding hydrogens is 219 g/mol. The van der Waals surface area contributed by atoms with Crippen molar-refractivity contribution in [2.75, 3.05) is 17.2 Å². The van der Waals surface area contributed by atoms with Crippen molar-refractivity contribution in [1.29, 1.82) is 0 Å². The van der Waals surface area contributed by atoms with E-state index in [0.29, 0.717) is 17.8 Å². The van der Waals surface area contributed by atoms with E-state index < -0.39 is 0 Å². The molecule has 1 aromatic carbocycles. The Morgan fingerprint density at radius 2 is 2.18 bits per heavy atom. The number of aryl methyl sites for hydroxylation is 1. The molecule has 1 atom stereocenters. The molecule has 1 aliphatic heterocycles. The van der Waals surface area contributed by atoms with Gasteiger partial charge < -0.3 is 10.6 Å². The fraction of sp³-hybridized carbons (Fsp3) is 0.462. The molecule has 0 fully saturated rings. The summed E-state index contributed by atoms with van der Waals surface area (Å²) < 4.78 is 13.4. The van der Waals surface area contributed by atoms with E-state index in [2.05, 4.69) is 17.6 Å². The number of amides is 1. The molecule has 0 radical (unpaired) electrons. The molecule has 2 rings (SSSR count). The molecule has 92 valence electrons. The molecule has 3 nitrogen and oxygen atoms in total. The molecule has 1 heterocycles. The Morgan fingerprint density at radius 1 is 1.41 bits per heavy atom. The molecule has 4 heteroatoms. The zero-order valence-electron chi connectivity index (χ0n) is 10.1. The second-order valence-electron chi connectivity index (χ2n) is 4.50. The number of halogens is 1. The van der Waals surface area contributed by atoms with Crippen LogP contribution in [0.3, 0.4) is 0 Å². The third-order valence-corrected chi connectivity index (χ3v) is 3.10. The lowest BCUT2D eigenvalue weighted by Gasteiger charge is -2.11. The molecule has 0 spiro atoms. The molecule has 0 saturated heterocycles. The molecule has 2 N–H and O–H groups in total. The first-order valence-corrected chi connectivity index (χ1v) is 5.96. The maximum absolute atomic E-state index is 13.4. The van der Waals surface area contributed by atoms with Crippen LogP contribution in [0, 0.1) is 18.7 Å². The first-order valence-electron chi connectivity index (χ1n) is 5.96. The number of carbonyl (C=O) groups is 1. The fourth-order valence-corrected chi connectivity index (χ4v) is 2.07. The predicted octanol–water partition coefficient (Wildman–Crippen LogP) is 2.91. The maximum Gasteiger partial charge on any atom is 0.229 e. The van der Waals surface area contributed by atoms with E-state index in [4.69, 9.17) is 0 Å². The lowest BCUT2D eigenvalue weighted by molar-refractivity contribution is -0.119. The Labute approximate surface area is 100 Å². The summed E-state index contributed by atoms with van der Waals surface area (Å²) in [4.78, 5) is 11.9. The van der Waals surface area contributed by atoms with Gasteiger partial charge in [0.15, 0.2) is 0 Å². The van der Waals surface area contributed by atoms with Gasteiger partial charge in [-0.15, -0.1) is 0 Å². The molecule has 0 bridgehead atoms. The van der Waals surface area contributed by atoms with Crippen LogP contribution in [0.15, 0.2) is 12.1 Å². The Balaban J connectivity index is 2.28. The molecule has 1 aromatic rings. The Kier molecular flexibility index (Phi) is 3.31. The predicted molar refractivity (Wildman–Crippen MR) is 66.7 cm³/mol. The second kappa shape index (κ2) is 4.73. The quantitative estimate of drug-likeness (QED) is 0.829. The standard InChI is InChI=1S/C13H17FN2O/c1-3-4-9-7-15-11-5-8(2)10(14)6-12(11)16-13(9)17/h5-6,9,15H,3-4,7H2,1-2H3,(H,16,17). The summed E-state index contributed by atoms with van der Waals surface area (Å²) in [5.41, 5.74) is 1.92. The van der Waals surface area contributed by atoms with Crippen molar-refractivity contribution in [3.8, 4) is 0 Å². The minimum Gasteiger partial charge on any atom is -0.383 e. The van der Waals surface area contributed by atoms with Gasteiger partial charge >= 0.3 is 0 Å². The van der Waals surface area contributed by atoms with E-state index in [1.807, 2.05) is 0 Å². The van der Waals surface area contributed by atoms with E-state index in [1.165, 1.54) is 6.07 Å². The van der Waals surface area contributed by atoms with Crippen molar-refractivity contribution in [3.63, 3.8) is 0 Å². The summed E-state index contributed by atoms with van der Waals surface area (Å²) in [6, 6.07) is 3.11. The number of anilines is 2. The third-order valence-electron chi connectivity index (χ3n) is 3.10.